The van der Waals surface area contributed by atoms with Crippen molar-refractivity contribution in [3.63, 3.8) is 0 Å². The van der Waals surface area contributed by atoms with Crippen molar-refractivity contribution in [3.8, 4) is 0 Å². The molecule has 1 aromatic heterocycles. The van der Waals surface area contributed by atoms with Crippen molar-refractivity contribution in [2.24, 2.45) is 5.92 Å². The normalized spacial score (nSPS) is 13.2. The average molecular weight is 182 g/mol. The molecule has 0 aliphatic rings. The molecule has 0 fully saturated rings. The first-order valence-electron chi connectivity index (χ1n) is 4.32. The van der Waals surface area contributed by atoms with E-state index in [0.717, 1.165) is 0 Å². The highest BCUT2D eigenvalue weighted by atomic mass is 16.4. The van der Waals surface area contributed by atoms with Gasteiger partial charge < -0.3 is 5.11 Å². The van der Waals surface area contributed by atoms with E-state index in [-0.39, 0.29) is 18.4 Å². The zero-order valence-corrected chi connectivity index (χ0v) is 7.84. The lowest BCUT2D eigenvalue weighted by Gasteiger charge is -2.19. The van der Waals surface area contributed by atoms with E-state index in [1.54, 1.807) is 23.1 Å². The Morgan fingerprint density at radius 3 is 2.69 bits per heavy atom. The Bertz CT molecular complexity index is 267. The molecule has 0 spiro atoms. The number of nitrogens with zero attached hydrogens (tertiary/aromatic N) is 2. The first-order chi connectivity index (χ1) is 6.11. The van der Waals surface area contributed by atoms with Crippen LogP contribution in [0.25, 0.3) is 0 Å². The van der Waals surface area contributed by atoms with E-state index in [2.05, 4.69) is 5.10 Å². The Kier molecular flexibility index (Phi) is 3.06. The van der Waals surface area contributed by atoms with Gasteiger partial charge in [-0.1, -0.05) is 13.8 Å². The molecule has 1 N–H and O–H groups in total. The highest BCUT2D eigenvalue weighted by Gasteiger charge is 2.18. The van der Waals surface area contributed by atoms with Gasteiger partial charge >= 0.3 is 5.97 Å². The number of hydrogen-bond acceptors (Lipinski definition) is 2. The summed E-state index contributed by atoms with van der Waals surface area (Å²) in [7, 11) is 0. The number of aromatic nitrogens is 2. The van der Waals surface area contributed by atoms with E-state index in [1.165, 1.54) is 0 Å². The molecule has 1 heterocycles. The molecule has 0 aliphatic carbocycles. The summed E-state index contributed by atoms with van der Waals surface area (Å²) in [5.74, 6) is -0.509. The van der Waals surface area contributed by atoms with Crippen LogP contribution >= 0.6 is 0 Å². The SMILES string of the molecule is CC(C)C(CC(=O)O)n1cccn1. The molecule has 0 amide bonds. The molecule has 1 atom stereocenters. The fourth-order valence-electron chi connectivity index (χ4n) is 1.29. The van der Waals surface area contributed by atoms with Crippen LogP contribution in [0.15, 0.2) is 18.5 Å². The lowest BCUT2D eigenvalue weighted by molar-refractivity contribution is -0.138. The molecule has 0 bridgehead atoms. The van der Waals surface area contributed by atoms with E-state index in [0.29, 0.717) is 0 Å². The summed E-state index contributed by atoms with van der Waals surface area (Å²) < 4.78 is 1.71. The smallest absolute Gasteiger partial charge is 0.305 e. The van der Waals surface area contributed by atoms with Crippen molar-refractivity contribution in [2.45, 2.75) is 26.3 Å². The van der Waals surface area contributed by atoms with Crippen LogP contribution in [0.1, 0.15) is 26.3 Å². The maximum absolute atomic E-state index is 10.6. The van der Waals surface area contributed by atoms with Gasteiger partial charge in [0.15, 0.2) is 0 Å². The van der Waals surface area contributed by atoms with Gasteiger partial charge in [-0.25, -0.2) is 0 Å². The molecular formula is C9H14N2O2. The Hall–Kier alpha value is -1.32. The van der Waals surface area contributed by atoms with Crippen LogP contribution in [-0.4, -0.2) is 20.9 Å². The minimum atomic E-state index is -0.783. The van der Waals surface area contributed by atoms with Crippen molar-refractivity contribution < 1.29 is 9.90 Å². The van der Waals surface area contributed by atoms with E-state index >= 15 is 0 Å². The molecule has 1 rings (SSSR count). The van der Waals surface area contributed by atoms with Crippen molar-refractivity contribution in [3.05, 3.63) is 18.5 Å². The first-order valence-corrected chi connectivity index (χ1v) is 4.32. The third-order valence-corrected chi connectivity index (χ3v) is 2.02. The summed E-state index contributed by atoms with van der Waals surface area (Å²) in [4.78, 5) is 10.6. The van der Waals surface area contributed by atoms with Crippen LogP contribution in [0, 0.1) is 5.92 Å². The number of rotatable bonds is 4. The summed E-state index contributed by atoms with van der Waals surface area (Å²) in [6.45, 7) is 3.99. The lowest BCUT2D eigenvalue weighted by Crippen LogP contribution is -2.19. The largest absolute Gasteiger partial charge is 0.481 e. The summed E-state index contributed by atoms with van der Waals surface area (Å²) in [5, 5.41) is 12.7. The number of carbonyl (C=O) groups is 1. The third kappa shape index (κ3) is 2.57. The van der Waals surface area contributed by atoms with Crippen LogP contribution in [-0.2, 0) is 4.79 Å². The van der Waals surface area contributed by atoms with Crippen LogP contribution in [0.4, 0.5) is 0 Å². The second-order valence-corrected chi connectivity index (χ2v) is 3.40. The molecule has 72 valence electrons. The Labute approximate surface area is 77.2 Å². The van der Waals surface area contributed by atoms with Gasteiger partial charge in [0.25, 0.3) is 0 Å². The number of hydrogen-bond donors (Lipinski definition) is 1. The number of aliphatic carboxylic acids is 1. The van der Waals surface area contributed by atoms with E-state index in [9.17, 15) is 4.79 Å². The average Bonchev–Trinajstić information content (AvgIpc) is 2.50. The molecule has 4 heteroatoms. The molecule has 13 heavy (non-hydrogen) atoms. The van der Waals surface area contributed by atoms with Gasteiger partial charge in [-0.15, -0.1) is 0 Å². The maximum atomic E-state index is 10.6. The number of carboxylic acid groups (broad SMARTS) is 1. The highest BCUT2D eigenvalue weighted by Crippen LogP contribution is 2.20. The monoisotopic (exact) mass is 182 g/mol. The molecule has 0 aliphatic heterocycles. The van der Waals surface area contributed by atoms with Crippen molar-refractivity contribution in [1.29, 1.82) is 0 Å². The van der Waals surface area contributed by atoms with Gasteiger partial charge in [-0.05, 0) is 12.0 Å². The maximum Gasteiger partial charge on any atom is 0.305 e. The van der Waals surface area contributed by atoms with E-state index in [4.69, 9.17) is 5.11 Å². The van der Waals surface area contributed by atoms with E-state index < -0.39 is 5.97 Å². The third-order valence-electron chi connectivity index (χ3n) is 2.02. The molecule has 0 saturated heterocycles. The van der Waals surface area contributed by atoms with Crippen LogP contribution < -0.4 is 0 Å². The number of carboxylic acids is 1. The first kappa shape index (κ1) is 9.77. The molecule has 0 aromatic carbocycles. The van der Waals surface area contributed by atoms with Gasteiger partial charge in [0.2, 0.25) is 0 Å². The van der Waals surface area contributed by atoms with Gasteiger partial charge in [-0.2, -0.15) is 5.10 Å². The minimum absolute atomic E-state index is 0.0486. The Morgan fingerprint density at radius 1 is 1.62 bits per heavy atom. The molecule has 4 nitrogen and oxygen atoms in total. The van der Waals surface area contributed by atoms with Crippen molar-refractivity contribution in [2.75, 3.05) is 0 Å². The molecule has 1 aromatic rings. The molecular weight excluding hydrogens is 168 g/mol. The van der Waals surface area contributed by atoms with E-state index in [1.807, 2.05) is 13.8 Å². The molecule has 0 radical (unpaired) electrons. The predicted molar refractivity (Wildman–Crippen MR) is 48.4 cm³/mol. The summed E-state index contributed by atoms with van der Waals surface area (Å²) in [5.41, 5.74) is 0. The summed E-state index contributed by atoms with van der Waals surface area (Å²) in [6.07, 6.45) is 3.59. The Morgan fingerprint density at radius 2 is 2.31 bits per heavy atom. The molecule has 1 unspecified atom stereocenters. The quantitative estimate of drug-likeness (QED) is 0.768. The van der Waals surface area contributed by atoms with Crippen LogP contribution in [0.2, 0.25) is 0 Å². The second kappa shape index (κ2) is 4.07. The zero-order chi connectivity index (χ0) is 9.84. The van der Waals surface area contributed by atoms with Gasteiger partial charge in [0, 0.05) is 12.4 Å². The van der Waals surface area contributed by atoms with Crippen LogP contribution in [0.3, 0.4) is 0 Å². The highest BCUT2D eigenvalue weighted by molar-refractivity contribution is 5.67. The van der Waals surface area contributed by atoms with Crippen molar-refractivity contribution >= 4 is 5.97 Å². The topological polar surface area (TPSA) is 55.1 Å². The van der Waals surface area contributed by atoms with Crippen molar-refractivity contribution in [1.82, 2.24) is 9.78 Å². The second-order valence-electron chi connectivity index (χ2n) is 3.40. The summed E-state index contributed by atoms with van der Waals surface area (Å²) >= 11 is 0. The summed E-state index contributed by atoms with van der Waals surface area (Å²) in [6, 6.07) is 1.75. The standard InChI is InChI=1S/C9H14N2O2/c1-7(2)8(6-9(12)13)11-5-3-4-10-11/h3-5,7-8H,6H2,1-2H3,(H,12,13). The fraction of sp³-hybridized carbons (Fsp3) is 0.556. The minimum Gasteiger partial charge on any atom is -0.481 e. The van der Waals surface area contributed by atoms with Crippen LogP contribution in [0.5, 0.6) is 0 Å². The Balaban J connectivity index is 2.74. The lowest BCUT2D eigenvalue weighted by atomic mass is 10.0. The van der Waals surface area contributed by atoms with Gasteiger partial charge in [-0.3, -0.25) is 9.48 Å². The zero-order valence-electron chi connectivity index (χ0n) is 7.84. The molecule has 0 saturated carbocycles. The predicted octanol–water partition coefficient (Wildman–Crippen LogP) is 1.55. The van der Waals surface area contributed by atoms with Gasteiger partial charge in [0.1, 0.15) is 0 Å². The fourth-order valence-corrected chi connectivity index (χ4v) is 1.29. The van der Waals surface area contributed by atoms with Gasteiger partial charge in [0.05, 0.1) is 12.5 Å².